The van der Waals surface area contributed by atoms with Crippen LogP contribution < -0.4 is 10.6 Å². The van der Waals surface area contributed by atoms with Gasteiger partial charge in [0, 0.05) is 16.3 Å². The fraction of sp³-hybridized carbons (Fsp3) is 0.316. The molecule has 0 spiro atoms. The first-order valence-electron chi connectivity index (χ1n) is 7.97. The molecule has 0 saturated heterocycles. The first kappa shape index (κ1) is 21.2. The van der Waals surface area contributed by atoms with Crippen molar-refractivity contribution in [1.29, 1.82) is 0 Å². The van der Waals surface area contributed by atoms with Gasteiger partial charge in [0.2, 0.25) is 3.79 Å². The molecule has 2 N–H and O–H groups in total. The lowest BCUT2D eigenvalue weighted by atomic mass is 9.87. The van der Waals surface area contributed by atoms with E-state index in [0.717, 1.165) is 5.56 Å². The highest BCUT2D eigenvalue weighted by molar-refractivity contribution is 6.68. The molecule has 0 fully saturated rings. The number of amides is 1. The lowest BCUT2D eigenvalue weighted by Crippen LogP contribution is -2.49. The maximum atomic E-state index is 12.6. The van der Waals surface area contributed by atoms with Gasteiger partial charge in [-0.2, -0.15) is 0 Å². The van der Waals surface area contributed by atoms with E-state index in [1.54, 1.807) is 36.4 Å². The van der Waals surface area contributed by atoms with E-state index in [1.165, 1.54) is 0 Å². The standard InChI is InChI=1S/C19H20Cl4N2O/c1-18(2,3)13-9-7-12(8-10-13)16(26)25-17(19(21,22)23)24-15-6-4-5-14(20)11-15/h4-11,17,24H,1-3H3,(H,25,26)/t17-/m1/s1. The molecule has 7 heteroatoms. The zero-order chi connectivity index (χ0) is 19.5. The Kier molecular flexibility index (Phi) is 6.73. The van der Waals surface area contributed by atoms with Crippen LogP contribution >= 0.6 is 46.4 Å². The molecule has 140 valence electrons. The van der Waals surface area contributed by atoms with Gasteiger partial charge in [-0.1, -0.05) is 85.4 Å². The summed E-state index contributed by atoms with van der Waals surface area (Å²) in [5.41, 5.74) is 2.23. The number of carbonyl (C=O) groups excluding carboxylic acids is 1. The monoisotopic (exact) mass is 432 g/mol. The molecule has 0 aliphatic carbocycles. The predicted octanol–water partition coefficient (Wildman–Crippen LogP) is 6.18. The molecule has 0 radical (unpaired) electrons. The Bertz CT molecular complexity index is 764. The third-order valence-electron chi connectivity index (χ3n) is 3.75. The molecule has 2 rings (SSSR count). The van der Waals surface area contributed by atoms with Crippen molar-refractivity contribution in [2.75, 3.05) is 5.32 Å². The summed E-state index contributed by atoms with van der Waals surface area (Å²) in [5.74, 6) is -0.351. The van der Waals surface area contributed by atoms with Crippen molar-refractivity contribution in [2.24, 2.45) is 0 Å². The van der Waals surface area contributed by atoms with Crippen molar-refractivity contribution in [2.45, 2.75) is 36.1 Å². The average Bonchev–Trinajstić information content (AvgIpc) is 2.52. The number of halogens is 4. The highest BCUT2D eigenvalue weighted by Gasteiger charge is 2.34. The highest BCUT2D eigenvalue weighted by Crippen LogP contribution is 2.32. The Hall–Kier alpha value is -1.13. The van der Waals surface area contributed by atoms with Crippen molar-refractivity contribution in [1.82, 2.24) is 5.32 Å². The van der Waals surface area contributed by atoms with E-state index in [0.29, 0.717) is 16.3 Å². The quantitative estimate of drug-likeness (QED) is 0.446. The number of benzene rings is 2. The summed E-state index contributed by atoms with van der Waals surface area (Å²) in [7, 11) is 0. The molecule has 2 aromatic carbocycles. The van der Waals surface area contributed by atoms with Crippen LogP contribution in [-0.4, -0.2) is 15.9 Å². The second-order valence-corrected chi connectivity index (χ2v) is 9.74. The van der Waals surface area contributed by atoms with E-state index >= 15 is 0 Å². The maximum absolute atomic E-state index is 12.6. The van der Waals surface area contributed by atoms with E-state index < -0.39 is 9.96 Å². The summed E-state index contributed by atoms with van der Waals surface area (Å²) in [6.07, 6.45) is -0.944. The number of carbonyl (C=O) groups is 1. The van der Waals surface area contributed by atoms with Crippen LogP contribution in [0.2, 0.25) is 5.02 Å². The Balaban J connectivity index is 2.16. The molecule has 2 aromatic rings. The summed E-state index contributed by atoms with van der Waals surface area (Å²) in [5, 5.41) is 6.22. The van der Waals surface area contributed by atoms with Crippen LogP contribution in [0.15, 0.2) is 48.5 Å². The van der Waals surface area contributed by atoms with Crippen LogP contribution in [0.5, 0.6) is 0 Å². The second-order valence-electron chi connectivity index (χ2n) is 6.93. The van der Waals surface area contributed by atoms with Crippen LogP contribution in [0, 0.1) is 0 Å². The third-order valence-corrected chi connectivity index (χ3v) is 4.64. The maximum Gasteiger partial charge on any atom is 0.252 e. The normalized spacial score (nSPS) is 13.2. The molecule has 0 aliphatic heterocycles. The van der Waals surface area contributed by atoms with Gasteiger partial charge in [-0.05, 0) is 41.3 Å². The Morgan fingerprint density at radius 2 is 1.62 bits per heavy atom. The van der Waals surface area contributed by atoms with E-state index in [-0.39, 0.29) is 11.3 Å². The van der Waals surface area contributed by atoms with Crippen LogP contribution in [0.25, 0.3) is 0 Å². The largest absolute Gasteiger partial charge is 0.362 e. The molecular weight excluding hydrogens is 414 g/mol. The van der Waals surface area contributed by atoms with Gasteiger partial charge in [0.1, 0.15) is 6.17 Å². The summed E-state index contributed by atoms with van der Waals surface area (Å²) in [6, 6.07) is 14.3. The molecule has 1 amide bonds. The number of nitrogens with one attached hydrogen (secondary N) is 2. The summed E-state index contributed by atoms with van der Waals surface area (Å²) >= 11 is 24.0. The zero-order valence-corrected chi connectivity index (χ0v) is 17.6. The molecule has 0 aliphatic rings. The van der Waals surface area contributed by atoms with Crippen LogP contribution in [0.3, 0.4) is 0 Å². The van der Waals surface area contributed by atoms with Crippen molar-refractivity contribution >= 4 is 58.0 Å². The van der Waals surface area contributed by atoms with Crippen LogP contribution in [0.4, 0.5) is 5.69 Å². The van der Waals surface area contributed by atoms with Crippen molar-refractivity contribution in [3.8, 4) is 0 Å². The number of anilines is 1. The molecule has 0 bridgehead atoms. The summed E-state index contributed by atoms with van der Waals surface area (Å²) in [4.78, 5) is 12.6. The van der Waals surface area contributed by atoms with Crippen molar-refractivity contribution < 1.29 is 4.79 Å². The second kappa shape index (κ2) is 8.26. The van der Waals surface area contributed by atoms with Gasteiger partial charge in [-0.3, -0.25) is 4.79 Å². The number of rotatable bonds is 4. The van der Waals surface area contributed by atoms with E-state index in [1.807, 2.05) is 12.1 Å². The SMILES string of the molecule is CC(C)(C)c1ccc(C(=O)N[C@@H](Nc2cccc(Cl)c2)C(Cl)(Cl)Cl)cc1. The Morgan fingerprint density at radius 3 is 2.12 bits per heavy atom. The topological polar surface area (TPSA) is 41.1 Å². The van der Waals surface area contributed by atoms with E-state index in [2.05, 4.69) is 31.4 Å². The number of hydrogen-bond acceptors (Lipinski definition) is 2. The predicted molar refractivity (Wildman–Crippen MR) is 112 cm³/mol. The van der Waals surface area contributed by atoms with Gasteiger partial charge in [-0.25, -0.2) is 0 Å². The van der Waals surface area contributed by atoms with Gasteiger partial charge in [0.25, 0.3) is 5.91 Å². The molecule has 0 aromatic heterocycles. The van der Waals surface area contributed by atoms with E-state index in [4.69, 9.17) is 46.4 Å². The minimum atomic E-state index is -1.76. The molecule has 0 saturated carbocycles. The molecule has 0 unspecified atom stereocenters. The first-order chi connectivity index (χ1) is 12.0. The number of alkyl halides is 3. The van der Waals surface area contributed by atoms with Crippen molar-refractivity contribution in [3.05, 3.63) is 64.7 Å². The molecule has 1 atom stereocenters. The fourth-order valence-electron chi connectivity index (χ4n) is 2.28. The van der Waals surface area contributed by atoms with Gasteiger partial charge in [0.15, 0.2) is 0 Å². The van der Waals surface area contributed by atoms with Gasteiger partial charge >= 0.3 is 0 Å². The Morgan fingerprint density at radius 1 is 1.00 bits per heavy atom. The number of hydrogen-bond donors (Lipinski definition) is 2. The Labute approximate surface area is 174 Å². The fourth-order valence-corrected chi connectivity index (χ4v) is 2.80. The average molecular weight is 434 g/mol. The van der Waals surface area contributed by atoms with Gasteiger partial charge in [-0.15, -0.1) is 0 Å². The summed E-state index contributed by atoms with van der Waals surface area (Å²) in [6.45, 7) is 6.32. The first-order valence-corrected chi connectivity index (χ1v) is 9.48. The minimum Gasteiger partial charge on any atom is -0.362 e. The lowest BCUT2D eigenvalue weighted by molar-refractivity contribution is 0.0942. The summed E-state index contributed by atoms with van der Waals surface area (Å²) < 4.78 is -1.76. The molecule has 3 nitrogen and oxygen atoms in total. The zero-order valence-electron chi connectivity index (χ0n) is 14.6. The molecular formula is C19H20Cl4N2O. The van der Waals surface area contributed by atoms with Gasteiger partial charge in [0.05, 0.1) is 0 Å². The highest BCUT2D eigenvalue weighted by atomic mass is 35.6. The van der Waals surface area contributed by atoms with E-state index in [9.17, 15) is 4.79 Å². The molecule has 0 heterocycles. The smallest absolute Gasteiger partial charge is 0.252 e. The lowest BCUT2D eigenvalue weighted by Gasteiger charge is -2.27. The molecule has 26 heavy (non-hydrogen) atoms. The van der Waals surface area contributed by atoms with Crippen LogP contribution in [-0.2, 0) is 5.41 Å². The minimum absolute atomic E-state index is 0.00322. The van der Waals surface area contributed by atoms with Crippen molar-refractivity contribution in [3.63, 3.8) is 0 Å². The van der Waals surface area contributed by atoms with Crippen LogP contribution in [0.1, 0.15) is 36.7 Å². The van der Waals surface area contributed by atoms with Gasteiger partial charge < -0.3 is 10.6 Å². The third kappa shape index (κ3) is 5.95.